The van der Waals surface area contributed by atoms with Crippen LogP contribution in [0.2, 0.25) is 10.0 Å². The lowest BCUT2D eigenvalue weighted by Crippen LogP contribution is -2.38. The third kappa shape index (κ3) is 6.09. The van der Waals surface area contributed by atoms with Crippen LogP contribution < -0.4 is 5.32 Å². The van der Waals surface area contributed by atoms with Crippen LogP contribution in [0.5, 0.6) is 0 Å². The molecule has 1 amide bonds. The van der Waals surface area contributed by atoms with Crippen molar-refractivity contribution in [1.29, 1.82) is 5.26 Å². The van der Waals surface area contributed by atoms with Gasteiger partial charge in [-0.25, -0.2) is 0 Å². The molecule has 3 rings (SSSR count). The Morgan fingerprint density at radius 3 is 2.76 bits per heavy atom. The van der Waals surface area contributed by atoms with E-state index in [4.69, 9.17) is 32.4 Å². The highest BCUT2D eigenvalue weighted by molar-refractivity contribution is 6.36. The van der Waals surface area contributed by atoms with Gasteiger partial charge >= 0.3 is 0 Å². The minimum atomic E-state index is -0.419. The van der Waals surface area contributed by atoms with Crippen molar-refractivity contribution < 1.29 is 13.9 Å². The van der Waals surface area contributed by atoms with Gasteiger partial charge in [0.1, 0.15) is 23.2 Å². The van der Waals surface area contributed by atoms with Crippen LogP contribution in [0, 0.1) is 11.3 Å². The molecule has 1 N–H and O–H groups in total. The highest BCUT2D eigenvalue weighted by Gasteiger charge is 2.13. The highest BCUT2D eigenvalue weighted by Crippen LogP contribution is 2.31. The number of benzene rings is 1. The number of furan rings is 1. The van der Waals surface area contributed by atoms with Gasteiger partial charge < -0.3 is 14.5 Å². The van der Waals surface area contributed by atoms with E-state index in [2.05, 4.69) is 10.2 Å². The SMILES string of the molecule is N#C/C(=C/c1ccc(-c2ccc(Cl)cc2Cl)o1)C(=O)NCCCN1CCOCC1. The van der Waals surface area contributed by atoms with Gasteiger partial charge in [0.2, 0.25) is 0 Å². The van der Waals surface area contributed by atoms with E-state index in [0.717, 1.165) is 39.3 Å². The Morgan fingerprint density at radius 1 is 1.24 bits per heavy atom. The molecule has 0 aliphatic carbocycles. The predicted octanol–water partition coefficient (Wildman–Crippen LogP) is 4.00. The fourth-order valence-corrected chi connectivity index (χ4v) is 3.48. The molecule has 1 fully saturated rings. The summed E-state index contributed by atoms with van der Waals surface area (Å²) in [5, 5.41) is 13.1. The zero-order chi connectivity index (χ0) is 20.6. The molecule has 1 aromatic heterocycles. The van der Waals surface area contributed by atoms with Gasteiger partial charge in [-0.2, -0.15) is 5.26 Å². The molecule has 29 heavy (non-hydrogen) atoms. The third-order valence-electron chi connectivity index (χ3n) is 4.52. The van der Waals surface area contributed by atoms with Crippen LogP contribution in [-0.2, 0) is 9.53 Å². The first-order chi connectivity index (χ1) is 14.1. The molecule has 0 saturated carbocycles. The summed E-state index contributed by atoms with van der Waals surface area (Å²) < 4.78 is 11.0. The van der Waals surface area contributed by atoms with Gasteiger partial charge in [0.25, 0.3) is 5.91 Å². The summed E-state index contributed by atoms with van der Waals surface area (Å²) in [7, 11) is 0. The summed E-state index contributed by atoms with van der Waals surface area (Å²) in [4.78, 5) is 14.6. The van der Waals surface area contributed by atoms with E-state index in [-0.39, 0.29) is 5.57 Å². The van der Waals surface area contributed by atoms with Crippen LogP contribution in [0.3, 0.4) is 0 Å². The largest absolute Gasteiger partial charge is 0.457 e. The Hall–Kier alpha value is -2.30. The molecule has 0 bridgehead atoms. The van der Waals surface area contributed by atoms with Crippen molar-refractivity contribution in [2.45, 2.75) is 6.42 Å². The maximum atomic E-state index is 12.3. The van der Waals surface area contributed by atoms with Gasteiger partial charge in [-0.15, -0.1) is 0 Å². The number of rotatable bonds is 7. The second-order valence-corrected chi connectivity index (χ2v) is 7.40. The average molecular weight is 434 g/mol. The van der Waals surface area contributed by atoms with Crippen LogP contribution in [0.1, 0.15) is 12.2 Å². The number of hydrogen-bond donors (Lipinski definition) is 1. The molecule has 2 aromatic rings. The summed E-state index contributed by atoms with van der Waals surface area (Å²) >= 11 is 12.1. The van der Waals surface area contributed by atoms with Crippen LogP contribution in [-0.4, -0.2) is 50.2 Å². The van der Waals surface area contributed by atoms with Gasteiger partial charge in [-0.1, -0.05) is 23.2 Å². The number of halogens is 2. The van der Waals surface area contributed by atoms with E-state index in [0.29, 0.717) is 33.7 Å². The monoisotopic (exact) mass is 433 g/mol. The number of hydrogen-bond acceptors (Lipinski definition) is 5. The number of ether oxygens (including phenoxy) is 1. The Morgan fingerprint density at radius 2 is 2.03 bits per heavy atom. The smallest absolute Gasteiger partial charge is 0.262 e. The van der Waals surface area contributed by atoms with Gasteiger partial charge in [-0.05, 0) is 43.3 Å². The summed E-state index contributed by atoms with van der Waals surface area (Å²) in [6, 6.07) is 10.4. The standard InChI is InChI=1S/C21H21Cl2N3O3/c22-16-2-4-18(19(23)13-16)20-5-3-17(29-20)12-15(14-24)21(27)25-6-1-7-26-8-10-28-11-9-26/h2-5,12-13H,1,6-11H2,(H,25,27)/b15-12-. The van der Waals surface area contributed by atoms with Crippen LogP contribution in [0.15, 0.2) is 40.3 Å². The molecule has 8 heteroatoms. The first-order valence-corrected chi connectivity index (χ1v) is 10.1. The molecule has 0 unspecified atom stereocenters. The molecule has 1 saturated heterocycles. The second-order valence-electron chi connectivity index (χ2n) is 6.56. The van der Waals surface area contributed by atoms with Gasteiger partial charge in [0.15, 0.2) is 0 Å². The van der Waals surface area contributed by atoms with Crippen LogP contribution >= 0.6 is 23.2 Å². The molecule has 0 spiro atoms. The molecule has 1 aromatic carbocycles. The van der Waals surface area contributed by atoms with Crippen LogP contribution in [0.4, 0.5) is 0 Å². The number of morpholine rings is 1. The summed E-state index contributed by atoms with van der Waals surface area (Å²) in [5.41, 5.74) is 0.668. The number of nitrogens with one attached hydrogen (secondary N) is 1. The highest BCUT2D eigenvalue weighted by atomic mass is 35.5. The number of carbonyl (C=O) groups is 1. The maximum absolute atomic E-state index is 12.3. The molecule has 6 nitrogen and oxygen atoms in total. The molecule has 1 aliphatic rings. The number of nitriles is 1. The molecule has 2 heterocycles. The third-order valence-corrected chi connectivity index (χ3v) is 5.06. The van der Waals surface area contributed by atoms with Crippen molar-refractivity contribution in [3.8, 4) is 17.4 Å². The Labute approximate surface area is 179 Å². The lowest BCUT2D eigenvalue weighted by Gasteiger charge is -2.26. The van der Waals surface area contributed by atoms with Crippen molar-refractivity contribution in [3.05, 3.63) is 51.7 Å². The van der Waals surface area contributed by atoms with Crippen molar-refractivity contribution in [3.63, 3.8) is 0 Å². The quantitative estimate of drug-likeness (QED) is 0.405. The molecule has 152 valence electrons. The first kappa shape index (κ1) is 21.4. The Bertz CT molecular complexity index is 927. The maximum Gasteiger partial charge on any atom is 0.262 e. The predicted molar refractivity (Wildman–Crippen MR) is 113 cm³/mol. The minimum absolute atomic E-state index is 0.0144. The fraction of sp³-hybridized carbons (Fsp3) is 0.333. The van der Waals surface area contributed by atoms with E-state index in [1.54, 1.807) is 30.3 Å². The summed E-state index contributed by atoms with van der Waals surface area (Å²) in [5.74, 6) is 0.504. The molecule has 0 radical (unpaired) electrons. The van der Waals surface area contributed by atoms with E-state index in [9.17, 15) is 10.1 Å². The number of amides is 1. The van der Waals surface area contributed by atoms with Crippen LogP contribution in [0.25, 0.3) is 17.4 Å². The van der Waals surface area contributed by atoms with Crippen molar-refractivity contribution in [2.24, 2.45) is 0 Å². The van der Waals surface area contributed by atoms with Gasteiger partial charge in [0.05, 0.1) is 18.2 Å². The summed E-state index contributed by atoms with van der Waals surface area (Å²) in [6.45, 7) is 4.71. The fourth-order valence-electron chi connectivity index (χ4n) is 2.98. The number of nitrogens with zero attached hydrogens (tertiary/aromatic N) is 2. The van der Waals surface area contributed by atoms with Crippen molar-refractivity contribution in [1.82, 2.24) is 10.2 Å². The van der Waals surface area contributed by atoms with Crippen molar-refractivity contribution in [2.75, 3.05) is 39.4 Å². The molecule has 0 atom stereocenters. The van der Waals surface area contributed by atoms with Gasteiger partial charge in [-0.3, -0.25) is 9.69 Å². The van der Waals surface area contributed by atoms with E-state index in [1.807, 2.05) is 6.07 Å². The van der Waals surface area contributed by atoms with Gasteiger partial charge in [0, 0.05) is 36.3 Å². The first-order valence-electron chi connectivity index (χ1n) is 9.32. The molecular weight excluding hydrogens is 413 g/mol. The Kier molecular flexibility index (Phi) is 7.73. The van der Waals surface area contributed by atoms with E-state index >= 15 is 0 Å². The lowest BCUT2D eigenvalue weighted by atomic mass is 10.2. The topological polar surface area (TPSA) is 78.5 Å². The Balaban J connectivity index is 1.57. The normalized spacial score (nSPS) is 15.1. The summed E-state index contributed by atoms with van der Waals surface area (Å²) in [6.07, 6.45) is 2.23. The molecule has 1 aliphatic heterocycles. The zero-order valence-corrected chi connectivity index (χ0v) is 17.3. The van der Waals surface area contributed by atoms with E-state index < -0.39 is 5.91 Å². The number of carbonyl (C=O) groups excluding carboxylic acids is 1. The zero-order valence-electron chi connectivity index (χ0n) is 15.8. The van der Waals surface area contributed by atoms with Crippen molar-refractivity contribution >= 4 is 35.2 Å². The van der Waals surface area contributed by atoms with E-state index in [1.165, 1.54) is 6.08 Å². The lowest BCUT2D eigenvalue weighted by molar-refractivity contribution is -0.117. The molecular formula is C21H21Cl2N3O3. The minimum Gasteiger partial charge on any atom is -0.457 e. The second kappa shape index (κ2) is 10.5. The average Bonchev–Trinajstić information content (AvgIpc) is 3.18.